The number of benzene rings is 3. The van der Waals surface area contributed by atoms with Gasteiger partial charge >= 0.3 is 0 Å². The highest BCUT2D eigenvalue weighted by molar-refractivity contribution is 6.26. The van der Waals surface area contributed by atoms with Crippen LogP contribution in [0.2, 0.25) is 0 Å². The summed E-state index contributed by atoms with van der Waals surface area (Å²) >= 11 is 0. The molecule has 1 aliphatic rings. The predicted molar refractivity (Wildman–Crippen MR) is 106 cm³/mol. The molecular weight excluding hydrogens is 340 g/mol. The summed E-state index contributed by atoms with van der Waals surface area (Å²) in [5.41, 5.74) is 2.06. The molecule has 1 N–H and O–H groups in total. The van der Waals surface area contributed by atoms with Gasteiger partial charge in [0.25, 0.3) is 5.91 Å². The standard InChI is InChI=1S/C22H18N2O3/c1-2-13-27-17-11-9-16(10-12-17)23-20(25)14-24-19-8-4-6-15-5-3-7-18(21(15)19)22(24)26/h2-12H,1,13-14H2,(H,23,25). The molecule has 3 aromatic rings. The van der Waals surface area contributed by atoms with Gasteiger partial charge in [-0.25, -0.2) is 0 Å². The molecule has 134 valence electrons. The minimum absolute atomic E-state index is 0.0403. The molecule has 0 spiro atoms. The summed E-state index contributed by atoms with van der Waals surface area (Å²) in [5.74, 6) is 0.294. The number of carbonyl (C=O) groups excluding carboxylic acids is 2. The van der Waals surface area contributed by atoms with Crippen LogP contribution in [0.25, 0.3) is 10.8 Å². The fraction of sp³-hybridized carbons (Fsp3) is 0.0909. The molecule has 0 unspecified atom stereocenters. The van der Waals surface area contributed by atoms with E-state index in [9.17, 15) is 9.59 Å². The second kappa shape index (κ2) is 6.96. The van der Waals surface area contributed by atoms with E-state index in [1.165, 1.54) is 4.90 Å². The Kier molecular flexibility index (Phi) is 4.34. The van der Waals surface area contributed by atoms with Gasteiger partial charge in [0.15, 0.2) is 0 Å². The Hall–Kier alpha value is -3.60. The van der Waals surface area contributed by atoms with E-state index in [4.69, 9.17) is 4.74 Å². The van der Waals surface area contributed by atoms with Crippen LogP contribution in [0, 0.1) is 0 Å². The van der Waals surface area contributed by atoms with E-state index < -0.39 is 0 Å². The molecule has 0 bridgehead atoms. The Morgan fingerprint density at radius 2 is 1.81 bits per heavy atom. The van der Waals surface area contributed by atoms with Gasteiger partial charge in [0.1, 0.15) is 18.9 Å². The molecule has 27 heavy (non-hydrogen) atoms. The number of nitrogens with one attached hydrogen (secondary N) is 1. The number of rotatable bonds is 6. The van der Waals surface area contributed by atoms with E-state index in [1.54, 1.807) is 36.4 Å². The van der Waals surface area contributed by atoms with Crippen molar-refractivity contribution in [1.29, 1.82) is 0 Å². The van der Waals surface area contributed by atoms with Crippen molar-refractivity contribution in [3.63, 3.8) is 0 Å². The highest BCUT2D eigenvalue weighted by atomic mass is 16.5. The summed E-state index contributed by atoms with van der Waals surface area (Å²) in [6.45, 7) is 3.99. The van der Waals surface area contributed by atoms with Crippen LogP contribution < -0.4 is 15.0 Å². The van der Waals surface area contributed by atoms with Crippen molar-refractivity contribution in [2.45, 2.75) is 0 Å². The second-order valence-corrected chi connectivity index (χ2v) is 6.24. The van der Waals surface area contributed by atoms with Crippen LogP contribution in [0.1, 0.15) is 10.4 Å². The number of amides is 2. The average molecular weight is 358 g/mol. The quantitative estimate of drug-likeness (QED) is 0.678. The van der Waals surface area contributed by atoms with Crippen molar-refractivity contribution < 1.29 is 14.3 Å². The SMILES string of the molecule is C=CCOc1ccc(NC(=O)CN2C(=O)c3cccc4cccc2c34)cc1. The molecular formula is C22H18N2O3. The zero-order valence-electron chi connectivity index (χ0n) is 14.6. The zero-order chi connectivity index (χ0) is 18.8. The topological polar surface area (TPSA) is 58.6 Å². The van der Waals surface area contributed by atoms with E-state index in [0.29, 0.717) is 23.6 Å². The zero-order valence-corrected chi connectivity index (χ0v) is 14.6. The molecule has 0 radical (unpaired) electrons. The first kappa shape index (κ1) is 16.8. The molecule has 0 atom stereocenters. The number of nitrogens with zero attached hydrogens (tertiary/aromatic N) is 1. The van der Waals surface area contributed by atoms with Crippen LogP contribution >= 0.6 is 0 Å². The highest BCUT2D eigenvalue weighted by Gasteiger charge is 2.30. The molecule has 1 aliphatic heterocycles. The van der Waals surface area contributed by atoms with Gasteiger partial charge < -0.3 is 10.1 Å². The number of hydrogen-bond donors (Lipinski definition) is 1. The molecule has 0 fully saturated rings. The van der Waals surface area contributed by atoms with E-state index in [2.05, 4.69) is 11.9 Å². The minimum Gasteiger partial charge on any atom is -0.490 e. The first-order chi connectivity index (χ1) is 13.2. The van der Waals surface area contributed by atoms with Crippen molar-refractivity contribution in [3.05, 3.63) is 78.9 Å². The Balaban J connectivity index is 1.48. The number of hydrogen-bond acceptors (Lipinski definition) is 3. The van der Waals surface area contributed by atoms with E-state index in [-0.39, 0.29) is 18.4 Å². The summed E-state index contributed by atoms with van der Waals surface area (Å²) in [7, 11) is 0. The number of anilines is 2. The van der Waals surface area contributed by atoms with Gasteiger partial charge in [-0.1, -0.05) is 36.9 Å². The molecule has 0 saturated heterocycles. The van der Waals surface area contributed by atoms with Gasteiger partial charge in [-0.05, 0) is 41.8 Å². The lowest BCUT2D eigenvalue weighted by Gasteiger charge is -2.17. The number of ether oxygens (including phenoxy) is 1. The van der Waals surface area contributed by atoms with E-state index >= 15 is 0 Å². The Morgan fingerprint density at radius 1 is 1.07 bits per heavy atom. The van der Waals surface area contributed by atoms with Crippen LogP contribution in [0.4, 0.5) is 11.4 Å². The van der Waals surface area contributed by atoms with Crippen molar-refractivity contribution in [3.8, 4) is 5.75 Å². The normalized spacial score (nSPS) is 12.3. The monoisotopic (exact) mass is 358 g/mol. The first-order valence-corrected chi connectivity index (χ1v) is 8.64. The smallest absolute Gasteiger partial charge is 0.259 e. The second-order valence-electron chi connectivity index (χ2n) is 6.24. The Labute approximate surface area is 156 Å². The molecule has 1 heterocycles. The maximum Gasteiger partial charge on any atom is 0.259 e. The van der Waals surface area contributed by atoms with Crippen molar-refractivity contribution >= 4 is 34.0 Å². The molecule has 5 nitrogen and oxygen atoms in total. The minimum atomic E-state index is -0.257. The maximum atomic E-state index is 12.7. The van der Waals surface area contributed by atoms with Gasteiger partial charge in [0, 0.05) is 16.6 Å². The van der Waals surface area contributed by atoms with Gasteiger partial charge in [0.2, 0.25) is 5.91 Å². The molecule has 0 aliphatic carbocycles. The largest absolute Gasteiger partial charge is 0.490 e. The predicted octanol–water partition coefficient (Wildman–Crippen LogP) is 4.00. The lowest BCUT2D eigenvalue weighted by atomic mass is 10.1. The Bertz CT molecular complexity index is 1040. The fourth-order valence-corrected chi connectivity index (χ4v) is 3.27. The summed E-state index contributed by atoms with van der Waals surface area (Å²) in [4.78, 5) is 26.7. The molecule has 0 saturated carbocycles. The summed E-state index contributed by atoms with van der Waals surface area (Å²) in [5, 5.41) is 4.72. The van der Waals surface area contributed by atoms with E-state index in [1.807, 2.05) is 30.3 Å². The van der Waals surface area contributed by atoms with Crippen molar-refractivity contribution in [2.24, 2.45) is 0 Å². The van der Waals surface area contributed by atoms with Gasteiger partial charge in [-0.15, -0.1) is 0 Å². The highest BCUT2D eigenvalue weighted by Crippen LogP contribution is 2.36. The fourth-order valence-electron chi connectivity index (χ4n) is 3.27. The van der Waals surface area contributed by atoms with E-state index in [0.717, 1.165) is 16.5 Å². The summed E-state index contributed by atoms with van der Waals surface area (Å²) in [6, 6.07) is 18.4. The van der Waals surface area contributed by atoms with Crippen LogP contribution in [0.5, 0.6) is 5.75 Å². The Morgan fingerprint density at radius 3 is 2.56 bits per heavy atom. The molecule has 0 aromatic heterocycles. The third kappa shape index (κ3) is 3.15. The maximum absolute atomic E-state index is 12.7. The molecule has 2 amide bonds. The van der Waals surface area contributed by atoms with Crippen LogP contribution in [-0.2, 0) is 4.79 Å². The first-order valence-electron chi connectivity index (χ1n) is 8.64. The average Bonchev–Trinajstić information content (AvgIpc) is 2.95. The lowest BCUT2D eigenvalue weighted by molar-refractivity contribution is -0.114. The van der Waals surface area contributed by atoms with Gasteiger partial charge in [-0.2, -0.15) is 0 Å². The third-order valence-electron chi connectivity index (χ3n) is 4.46. The molecule has 3 aromatic carbocycles. The van der Waals surface area contributed by atoms with Gasteiger partial charge in [-0.3, -0.25) is 14.5 Å². The summed E-state index contributed by atoms with van der Waals surface area (Å²) in [6.07, 6.45) is 1.67. The molecule has 4 rings (SSSR count). The van der Waals surface area contributed by atoms with Gasteiger partial charge in [0.05, 0.1) is 5.69 Å². The van der Waals surface area contributed by atoms with Crippen LogP contribution in [-0.4, -0.2) is 25.0 Å². The van der Waals surface area contributed by atoms with Crippen LogP contribution in [0.3, 0.4) is 0 Å². The van der Waals surface area contributed by atoms with Crippen molar-refractivity contribution in [2.75, 3.05) is 23.4 Å². The van der Waals surface area contributed by atoms with Crippen LogP contribution in [0.15, 0.2) is 73.3 Å². The lowest BCUT2D eigenvalue weighted by Crippen LogP contribution is -2.35. The number of carbonyl (C=O) groups is 2. The van der Waals surface area contributed by atoms with Crippen molar-refractivity contribution in [1.82, 2.24) is 0 Å². The molecule has 5 heteroatoms. The third-order valence-corrected chi connectivity index (χ3v) is 4.46. The summed E-state index contributed by atoms with van der Waals surface area (Å²) < 4.78 is 5.42.